The lowest BCUT2D eigenvalue weighted by molar-refractivity contribution is -0.267. The van der Waals surface area contributed by atoms with E-state index in [0.29, 0.717) is 0 Å². The summed E-state index contributed by atoms with van der Waals surface area (Å²) < 4.78 is 0. The highest BCUT2D eigenvalue weighted by Gasteiger charge is 2.45. The van der Waals surface area contributed by atoms with Crippen LogP contribution in [0.4, 0.5) is 0 Å². The van der Waals surface area contributed by atoms with Crippen LogP contribution in [0.5, 0.6) is 0 Å². The second-order valence-corrected chi connectivity index (χ2v) is 5.49. The van der Waals surface area contributed by atoms with Gasteiger partial charge in [-0.1, -0.05) is 0 Å². The maximum absolute atomic E-state index is 10.5. The number of hydrogen-bond donors (Lipinski definition) is 1. The lowest BCUT2D eigenvalue weighted by Gasteiger charge is -2.53. The van der Waals surface area contributed by atoms with Crippen molar-refractivity contribution in [2.24, 2.45) is 0 Å². The molecule has 0 aromatic heterocycles. The molecular formula is C11H22N2O2. The predicted molar refractivity (Wildman–Crippen MR) is 59.2 cm³/mol. The lowest BCUT2D eigenvalue weighted by atomic mass is 9.79. The van der Waals surface area contributed by atoms with Gasteiger partial charge in [-0.15, -0.1) is 0 Å². The van der Waals surface area contributed by atoms with E-state index in [-0.39, 0.29) is 17.1 Å². The molecule has 4 nitrogen and oxygen atoms in total. The number of carbonyl (C=O) groups is 1. The molecule has 0 unspecified atom stereocenters. The smallest absolute Gasteiger partial charge is 0.207 e. The topological polar surface area (TPSA) is 41.6 Å². The van der Waals surface area contributed by atoms with E-state index in [1.54, 1.807) is 7.11 Å². The van der Waals surface area contributed by atoms with Gasteiger partial charge in [0.15, 0.2) is 0 Å². The van der Waals surface area contributed by atoms with Crippen molar-refractivity contribution in [1.29, 1.82) is 0 Å². The van der Waals surface area contributed by atoms with Gasteiger partial charge in [0.05, 0.1) is 7.11 Å². The first-order valence-electron chi connectivity index (χ1n) is 5.37. The number of hydroxylamine groups is 2. The lowest BCUT2D eigenvalue weighted by Crippen LogP contribution is -2.63. The van der Waals surface area contributed by atoms with E-state index in [1.165, 1.54) is 0 Å². The van der Waals surface area contributed by atoms with Crippen molar-refractivity contribution < 1.29 is 9.63 Å². The standard InChI is InChI=1S/C11H22N2O2/c1-10(2)6-9(12-8-14)7-11(3,4)13(10)15-5/h8-9H,6-7H2,1-5H3,(H,12,14). The Hall–Kier alpha value is -0.610. The highest BCUT2D eigenvalue weighted by atomic mass is 16.7. The second-order valence-electron chi connectivity index (χ2n) is 5.49. The van der Waals surface area contributed by atoms with E-state index < -0.39 is 0 Å². The van der Waals surface area contributed by atoms with Crippen molar-refractivity contribution in [3.63, 3.8) is 0 Å². The molecule has 0 radical (unpaired) electrons. The number of piperidine rings is 1. The summed E-state index contributed by atoms with van der Waals surface area (Å²) in [5.74, 6) is 0. The number of nitrogens with zero attached hydrogens (tertiary/aromatic N) is 1. The van der Waals surface area contributed by atoms with Crippen molar-refractivity contribution in [2.45, 2.75) is 57.7 Å². The third-order valence-corrected chi connectivity index (χ3v) is 3.08. The molecule has 1 aliphatic rings. The molecule has 1 fully saturated rings. The minimum atomic E-state index is -0.0584. The van der Waals surface area contributed by atoms with Crippen molar-refractivity contribution in [1.82, 2.24) is 10.4 Å². The molecule has 0 aliphatic carbocycles. The summed E-state index contributed by atoms with van der Waals surface area (Å²) in [5, 5.41) is 4.91. The Bertz CT molecular complexity index is 221. The highest BCUT2D eigenvalue weighted by molar-refractivity contribution is 5.46. The zero-order valence-electron chi connectivity index (χ0n) is 10.3. The van der Waals surface area contributed by atoms with E-state index in [9.17, 15) is 4.79 Å². The highest BCUT2D eigenvalue weighted by Crippen LogP contribution is 2.37. The van der Waals surface area contributed by atoms with Gasteiger partial charge in [-0.25, -0.2) is 0 Å². The van der Waals surface area contributed by atoms with Crippen molar-refractivity contribution in [2.75, 3.05) is 7.11 Å². The fourth-order valence-corrected chi connectivity index (χ4v) is 2.97. The largest absolute Gasteiger partial charge is 0.356 e. The molecule has 1 amide bonds. The Morgan fingerprint density at radius 3 is 2.07 bits per heavy atom. The van der Waals surface area contributed by atoms with E-state index in [0.717, 1.165) is 19.3 Å². The van der Waals surface area contributed by atoms with Gasteiger partial charge in [-0.3, -0.25) is 4.79 Å². The molecule has 1 heterocycles. The summed E-state index contributed by atoms with van der Waals surface area (Å²) in [5.41, 5.74) is -0.117. The van der Waals surface area contributed by atoms with Gasteiger partial charge >= 0.3 is 0 Å². The SMILES string of the molecule is CON1C(C)(C)CC(NC=O)CC1(C)C. The number of amides is 1. The Morgan fingerprint density at radius 1 is 1.27 bits per heavy atom. The number of rotatable bonds is 3. The van der Waals surface area contributed by atoms with E-state index in [2.05, 4.69) is 33.0 Å². The van der Waals surface area contributed by atoms with Crippen molar-refractivity contribution >= 4 is 6.41 Å². The first kappa shape index (κ1) is 12.5. The molecule has 0 saturated carbocycles. The van der Waals surface area contributed by atoms with Gasteiger partial charge in [0, 0.05) is 17.1 Å². The molecule has 0 aromatic carbocycles. The summed E-state index contributed by atoms with van der Waals surface area (Å²) in [7, 11) is 1.71. The average molecular weight is 214 g/mol. The molecule has 15 heavy (non-hydrogen) atoms. The van der Waals surface area contributed by atoms with Crippen LogP contribution in [0.3, 0.4) is 0 Å². The summed E-state index contributed by atoms with van der Waals surface area (Å²) in [6, 6.07) is 0.235. The zero-order chi connectivity index (χ0) is 11.7. The maximum atomic E-state index is 10.5. The normalized spacial score (nSPS) is 26.2. The number of carbonyl (C=O) groups excluding carboxylic acids is 1. The summed E-state index contributed by atoms with van der Waals surface area (Å²) in [6.07, 6.45) is 2.60. The molecule has 0 bridgehead atoms. The third-order valence-electron chi connectivity index (χ3n) is 3.08. The van der Waals surface area contributed by atoms with Gasteiger partial charge in [0.2, 0.25) is 6.41 Å². The van der Waals surface area contributed by atoms with Gasteiger partial charge in [0.25, 0.3) is 0 Å². The van der Waals surface area contributed by atoms with Gasteiger partial charge < -0.3 is 10.2 Å². The molecule has 0 atom stereocenters. The Morgan fingerprint density at radius 2 is 1.73 bits per heavy atom. The Balaban J connectivity index is 2.85. The second kappa shape index (κ2) is 4.10. The van der Waals surface area contributed by atoms with Gasteiger partial charge in [-0.2, -0.15) is 5.06 Å². The zero-order valence-corrected chi connectivity index (χ0v) is 10.3. The summed E-state index contributed by atoms with van der Waals surface area (Å²) in [4.78, 5) is 16.0. The van der Waals surface area contributed by atoms with Crippen molar-refractivity contribution in [3.05, 3.63) is 0 Å². The molecule has 1 saturated heterocycles. The fourth-order valence-electron chi connectivity index (χ4n) is 2.97. The van der Waals surface area contributed by atoms with Crippen LogP contribution in [0.15, 0.2) is 0 Å². The average Bonchev–Trinajstić information content (AvgIpc) is 2.00. The monoisotopic (exact) mass is 214 g/mol. The molecular weight excluding hydrogens is 192 g/mol. The Kier molecular flexibility index (Phi) is 3.41. The van der Waals surface area contributed by atoms with Crippen LogP contribution in [0.1, 0.15) is 40.5 Å². The fraction of sp³-hybridized carbons (Fsp3) is 0.909. The van der Waals surface area contributed by atoms with Crippen LogP contribution in [0.25, 0.3) is 0 Å². The molecule has 1 rings (SSSR count). The number of hydrogen-bond acceptors (Lipinski definition) is 3. The molecule has 4 heteroatoms. The van der Waals surface area contributed by atoms with Crippen LogP contribution in [0, 0.1) is 0 Å². The minimum Gasteiger partial charge on any atom is -0.356 e. The summed E-state index contributed by atoms with van der Waals surface area (Å²) in [6.45, 7) is 8.54. The van der Waals surface area contributed by atoms with Crippen LogP contribution in [-0.2, 0) is 9.63 Å². The third kappa shape index (κ3) is 2.49. The predicted octanol–water partition coefficient (Wildman–Crippen LogP) is 1.32. The van der Waals surface area contributed by atoms with E-state index >= 15 is 0 Å². The van der Waals surface area contributed by atoms with Crippen LogP contribution >= 0.6 is 0 Å². The van der Waals surface area contributed by atoms with Gasteiger partial charge in [-0.05, 0) is 40.5 Å². The first-order chi connectivity index (χ1) is 6.83. The van der Waals surface area contributed by atoms with Gasteiger partial charge in [0.1, 0.15) is 0 Å². The minimum absolute atomic E-state index is 0.0584. The summed E-state index contributed by atoms with van der Waals surface area (Å²) >= 11 is 0. The first-order valence-corrected chi connectivity index (χ1v) is 5.37. The van der Waals surface area contributed by atoms with E-state index in [4.69, 9.17) is 4.84 Å². The van der Waals surface area contributed by atoms with Crippen LogP contribution in [0.2, 0.25) is 0 Å². The molecule has 0 spiro atoms. The molecule has 88 valence electrons. The number of nitrogens with one attached hydrogen (secondary N) is 1. The quantitative estimate of drug-likeness (QED) is 0.720. The van der Waals surface area contributed by atoms with Crippen LogP contribution < -0.4 is 5.32 Å². The Labute approximate surface area is 91.9 Å². The molecule has 1 N–H and O–H groups in total. The molecule has 1 aliphatic heterocycles. The van der Waals surface area contributed by atoms with E-state index in [1.807, 2.05) is 5.06 Å². The molecule has 0 aromatic rings. The van der Waals surface area contributed by atoms with Crippen LogP contribution in [-0.4, -0.2) is 35.7 Å². The van der Waals surface area contributed by atoms with Crippen molar-refractivity contribution in [3.8, 4) is 0 Å². The maximum Gasteiger partial charge on any atom is 0.207 e.